The zero-order valence-corrected chi connectivity index (χ0v) is 13.0. The number of rotatable bonds is 6. The molecule has 1 aliphatic heterocycles. The lowest BCUT2D eigenvalue weighted by molar-refractivity contribution is -0.154. The first-order chi connectivity index (χ1) is 11.4. The summed E-state index contributed by atoms with van der Waals surface area (Å²) in [6.45, 7) is -0.295. The summed E-state index contributed by atoms with van der Waals surface area (Å²) in [4.78, 5) is 15.9. The Morgan fingerprint density at radius 2 is 2.17 bits per heavy atom. The molecule has 1 atom stereocenters. The van der Waals surface area contributed by atoms with Crippen molar-refractivity contribution in [1.82, 2.24) is 10.3 Å². The number of nitrogens with two attached hydrogens (primary N) is 1. The third kappa shape index (κ3) is 5.64. The number of alkyl halides is 3. The zero-order chi connectivity index (χ0) is 17.6. The first kappa shape index (κ1) is 18.5. The Morgan fingerprint density at radius 3 is 2.83 bits per heavy atom. The van der Waals surface area contributed by atoms with Crippen molar-refractivity contribution in [3.63, 3.8) is 0 Å². The van der Waals surface area contributed by atoms with Gasteiger partial charge < -0.3 is 20.5 Å². The molecule has 0 bridgehead atoms. The molecule has 3 N–H and O–H groups in total. The lowest BCUT2D eigenvalue weighted by Crippen LogP contribution is -2.46. The van der Waals surface area contributed by atoms with E-state index in [1.165, 1.54) is 6.20 Å². The second-order valence-corrected chi connectivity index (χ2v) is 5.56. The summed E-state index contributed by atoms with van der Waals surface area (Å²) < 4.78 is 46.6. The molecule has 1 amide bonds. The van der Waals surface area contributed by atoms with E-state index in [1.807, 2.05) is 0 Å². The predicted molar refractivity (Wildman–Crippen MR) is 79.2 cm³/mol. The van der Waals surface area contributed by atoms with E-state index in [1.54, 1.807) is 12.1 Å². The topological polar surface area (TPSA) is 86.5 Å². The van der Waals surface area contributed by atoms with Gasteiger partial charge in [0.25, 0.3) is 0 Å². The predicted octanol–water partition coefficient (Wildman–Crippen LogP) is 1.39. The zero-order valence-electron chi connectivity index (χ0n) is 13.0. The molecule has 1 saturated heterocycles. The summed E-state index contributed by atoms with van der Waals surface area (Å²) in [5.74, 6) is -0.476. The van der Waals surface area contributed by atoms with E-state index in [0.717, 1.165) is 0 Å². The van der Waals surface area contributed by atoms with Crippen LogP contribution in [0.25, 0.3) is 0 Å². The SMILES string of the molecule is NC(C(=O)NCc1cccnc1OCC(F)(F)F)C1CCOCC1. The lowest BCUT2D eigenvalue weighted by atomic mass is 9.92. The minimum absolute atomic E-state index is 0.00319. The fourth-order valence-electron chi connectivity index (χ4n) is 2.43. The van der Waals surface area contributed by atoms with Crippen molar-refractivity contribution >= 4 is 5.91 Å². The Labute approximate surface area is 137 Å². The van der Waals surface area contributed by atoms with Crippen LogP contribution in [-0.2, 0) is 16.1 Å². The van der Waals surface area contributed by atoms with Crippen molar-refractivity contribution in [2.75, 3.05) is 19.8 Å². The second-order valence-electron chi connectivity index (χ2n) is 5.56. The third-order valence-electron chi connectivity index (χ3n) is 3.75. The second kappa shape index (κ2) is 8.29. The van der Waals surface area contributed by atoms with Gasteiger partial charge in [0.1, 0.15) is 0 Å². The molecular weight excluding hydrogens is 327 g/mol. The molecule has 0 spiro atoms. The van der Waals surface area contributed by atoms with Crippen LogP contribution in [0.3, 0.4) is 0 Å². The smallest absolute Gasteiger partial charge is 0.422 e. The van der Waals surface area contributed by atoms with Gasteiger partial charge in [-0.15, -0.1) is 0 Å². The Balaban J connectivity index is 1.90. The maximum Gasteiger partial charge on any atom is 0.422 e. The Kier molecular flexibility index (Phi) is 6.38. The molecule has 1 fully saturated rings. The van der Waals surface area contributed by atoms with E-state index in [2.05, 4.69) is 15.0 Å². The molecule has 0 aliphatic carbocycles. The maximum absolute atomic E-state index is 12.2. The maximum atomic E-state index is 12.2. The van der Waals surface area contributed by atoms with Gasteiger partial charge in [-0.3, -0.25) is 4.79 Å². The molecule has 2 rings (SSSR count). The van der Waals surface area contributed by atoms with Crippen molar-refractivity contribution in [1.29, 1.82) is 0 Å². The number of carbonyl (C=O) groups excluding carboxylic acids is 1. The summed E-state index contributed by atoms with van der Waals surface area (Å²) in [5.41, 5.74) is 6.30. The molecule has 9 heteroatoms. The van der Waals surface area contributed by atoms with Gasteiger partial charge >= 0.3 is 6.18 Å². The molecule has 134 valence electrons. The highest BCUT2D eigenvalue weighted by molar-refractivity contribution is 5.81. The fraction of sp³-hybridized carbons (Fsp3) is 0.600. The molecule has 1 aromatic rings. The normalized spacial score (nSPS) is 17.3. The van der Waals surface area contributed by atoms with E-state index < -0.39 is 18.8 Å². The minimum atomic E-state index is -4.45. The van der Waals surface area contributed by atoms with Crippen molar-refractivity contribution in [3.05, 3.63) is 23.9 Å². The van der Waals surface area contributed by atoms with Gasteiger partial charge in [0.2, 0.25) is 11.8 Å². The largest absolute Gasteiger partial charge is 0.468 e. The Hall–Kier alpha value is -1.87. The number of aromatic nitrogens is 1. The number of ether oxygens (including phenoxy) is 2. The average molecular weight is 347 g/mol. The third-order valence-corrected chi connectivity index (χ3v) is 3.75. The van der Waals surface area contributed by atoms with E-state index >= 15 is 0 Å². The first-order valence-electron chi connectivity index (χ1n) is 7.61. The highest BCUT2D eigenvalue weighted by atomic mass is 19.4. The van der Waals surface area contributed by atoms with Crippen LogP contribution >= 0.6 is 0 Å². The van der Waals surface area contributed by atoms with Gasteiger partial charge in [0.15, 0.2) is 6.61 Å². The van der Waals surface area contributed by atoms with Crippen LogP contribution in [0.2, 0.25) is 0 Å². The molecule has 1 unspecified atom stereocenters. The van der Waals surface area contributed by atoms with E-state index in [9.17, 15) is 18.0 Å². The van der Waals surface area contributed by atoms with Crippen LogP contribution < -0.4 is 15.8 Å². The molecule has 24 heavy (non-hydrogen) atoms. The number of nitrogens with one attached hydrogen (secondary N) is 1. The number of hydrogen-bond acceptors (Lipinski definition) is 5. The Bertz CT molecular complexity index is 548. The number of nitrogens with zero attached hydrogens (tertiary/aromatic N) is 1. The van der Waals surface area contributed by atoms with Crippen molar-refractivity contribution in [2.45, 2.75) is 31.6 Å². The van der Waals surface area contributed by atoms with Gasteiger partial charge in [-0.25, -0.2) is 4.98 Å². The van der Waals surface area contributed by atoms with Crippen LogP contribution in [-0.4, -0.2) is 42.9 Å². The number of hydrogen-bond donors (Lipinski definition) is 2. The average Bonchev–Trinajstić information content (AvgIpc) is 2.58. The van der Waals surface area contributed by atoms with Crippen LogP contribution in [0, 0.1) is 5.92 Å². The van der Waals surface area contributed by atoms with E-state index in [-0.39, 0.29) is 24.2 Å². The van der Waals surface area contributed by atoms with E-state index in [0.29, 0.717) is 31.6 Å². The summed E-state index contributed by atoms with van der Waals surface area (Å²) in [7, 11) is 0. The molecule has 2 heterocycles. The van der Waals surface area contributed by atoms with Gasteiger partial charge in [-0.1, -0.05) is 6.07 Å². The highest BCUT2D eigenvalue weighted by Crippen LogP contribution is 2.20. The van der Waals surface area contributed by atoms with Crippen molar-refractivity contribution in [2.24, 2.45) is 11.7 Å². The first-order valence-corrected chi connectivity index (χ1v) is 7.61. The fourth-order valence-corrected chi connectivity index (χ4v) is 2.43. The number of carbonyl (C=O) groups is 1. The van der Waals surface area contributed by atoms with Gasteiger partial charge in [-0.05, 0) is 24.8 Å². The minimum Gasteiger partial charge on any atom is -0.468 e. The summed E-state index contributed by atoms with van der Waals surface area (Å²) in [5, 5.41) is 2.63. The quantitative estimate of drug-likeness (QED) is 0.812. The highest BCUT2D eigenvalue weighted by Gasteiger charge is 2.29. The van der Waals surface area contributed by atoms with Gasteiger partial charge in [0, 0.05) is 31.5 Å². The van der Waals surface area contributed by atoms with Gasteiger partial charge in [0.05, 0.1) is 6.04 Å². The molecule has 0 saturated carbocycles. The number of amides is 1. The summed E-state index contributed by atoms with van der Waals surface area (Å²) in [6.07, 6.45) is -1.71. The van der Waals surface area contributed by atoms with Crippen LogP contribution in [0.4, 0.5) is 13.2 Å². The number of pyridine rings is 1. The molecular formula is C15H20F3N3O3. The molecule has 0 aromatic carbocycles. The van der Waals surface area contributed by atoms with Crippen LogP contribution in [0.5, 0.6) is 5.88 Å². The van der Waals surface area contributed by atoms with Gasteiger partial charge in [-0.2, -0.15) is 13.2 Å². The molecule has 1 aliphatic rings. The van der Waals surface area contributed by atoms with Crippen molar-refractivity contribution in [3.8, 4) is 5.88 Å². The van der Waals surface area contributed by atoms with Crippen LogP contribution in [0.1, 0.15) is 18.4 Å². The Morgan fingerprint density at radius 1 is 1.46 bits per heavy atom. The molecule has 6 nitrogen and oxygen atoms in total. The molecule has 0 radical (unpaired) electrons. The van der Waals surface area contributed by atoms with Crippen molar-refractivity contribution < 1.29 is 27.4 Å². The van der Waals surface area contributed by atoms with Crippen LogP contribution in [0.15, 0.2) is 18.3 Å². The number of halogens is 3. The molecule has 1 aromatic heterocycles. The lowest BCUT2D eigenvalue weighted by Gasteiger charge is -2.26. The van der Waals surface area contributed by atoms with E-state index in [4.69, 9.17) is 10.5 Å². The summed E-state index contributed by atoms with van der Waals surface area (Å²) >= 11 is 0. The monoisotopic (exact) mass is 347 g/mol. The standard InChI is InChI=1S/C15H20F3N3O3/c16-15(17,18)9-24-14-11(2-1-5-20-14)8-21-13(22)12(19)10-3-6-23-7-4-10/h1-2,5,10,12H,3-4,6-9,19H2,(H,21,22). The summed E-state index contributed by atoms with van der Waals surface area (Å²) in [6, 6.07) is 2.42.